The molecule has 0 radical (unpaired) electrons. The average molecular weight is 544 g/mol. The number of anilines is 2. The van der Waals surface area contributed by atoms with Crippen molar-refractivity contribution in [3.05, 3.63) is 76.8 Å². The Labute approximate surface area is 233 Å². The maximum absolute atomic E-state index is 13.1. The van der Waals surface area contributed by atoms with Crippen LogP contribution in [0.5, 0.6) is 23.5 Å². The summed E-state index contributed by atoms with van der Waals surface area (Å²) in [7, 11) is 4.74. The Morgan fingerprint density at radius 2 is 1.85 bits per heavy atom. The maximum atomic E-state index is 13.1. The largest absolute Gasteiger partial charge is 0.479 e. The van der Waals surface area contributed by atoms with Gasteiger partial charge in [0.25, 0.3) is 11.9 Å². The minimum Gasteiger partial charge on any atom is -0.479 e. The SMILES string of the molecule is COc1nc(N(C)Cc2ccccn2)nc(OC)c1NC(=O)c1ccc(Oc2cc3c(cc2C)CCC3(C)C)o1. The van der Waals surface area contributed by atoms with E-state index in [1.807, 2.05) is 32.2 Å². The van der Waals surface area contributed by atoms with Crippen LogP contribution < -0.4 is 24.4 Å². The summed E-state index contributed by atoms with van der Waals surface area (Å²) in [6, 6.07) is 13.1. The number of pyridine rings is 1. The molecular formula is C30H33N5O5. The molecule has 0 bridgehead atoms. The van der Waals surface area contributed by atoms with Crippen molar-refractivity contribution in [2.75, 3.05) is 31.5 Å². The predicted molar refractivity (Wildman–Crippen MR) is 151 cm³/mol. The number of carbonyl (C=O) groups is 1. The number of ether oxygens (including phenoxy) is 3. The number of aromatic nitrogens is 3. The summed E-state index contributed by atoms with van der Waals surface area (Å²) < 4.78 is 22.8. The van der Waals surface area contributed by atoms with Crippen LogP contribution in [0.3, 0.4) is 0 Å². The van der Waals surface area contributed by atoms with E-state index in [1.165, 1.54) is 25.3 Å². The molecule has 208 valence electrons. The Morgan fingerprint density at radius 3 is 2.52 bits per heavy atom. The third-order valence-electron chi connectivity index (χ3n) is 7.09. The van der Waals surface area contributed by atoms with Crippen LogP contribution >= 0.6 is 0 Å². The van der Waals surface area contributed by atoms with Crippen molar-refractivity contribution in [1.82, 2.24) is 15.0 Å². The molecule has 0 atom stereocenters. The number of methoxy groups -OCH3 is 2. The van der Waals surface area contributed by atoms with Crippen LogP contribution in [0.15, 0.2) is 53.1 Å². The number of hydrogen-bond donors (Lipinski definition) is 1. The third kappa shape index (κ3) is 5.42. The van der Waals surface area contributed by atoms with Crippen LogP contribution in [0.2, 0.25) is 0 Å². The van der Waals surface area contributed by atoms with Gasteiger partial charge >= 0.3 is 0 Å². The molecule has 0 saturated carbocycles. The van der Waals surface area contributed by atoms with Gasteiger partial charge in [-0.2, -0.15) is 9.97 Å². The summed E-state index contributed by atoms with van der Waals surface area (Å²) in [6.45, 7) is 6.96. The van der Waals surface area contributed by atoms with E-state index >= 15 is 0 Å². The fourth-order valence-electron chi connectivity index (χ4n) is 4.85. The zero-order valence-corrected chi connectivity index (χ0v) is 23.6. The summed E-state index contributed by atoms with van der Waals surface area (Å²) in [5.74, 6) is 1.07. The summed E-state index contributed by atoms with van der Waals surface area (Å²) in [5, 5.41) is 2.75. The van der Waals surface area contributed by atoms with Crippen LogP contribution in [0.25, 0.3) is 0 Å². The number of nitrogens with zero attached hydrogens (tertiary/aromatic N) is 4. The topological polar surface area (TPSA) is 112 Å². The van der Waals surface area contributed by atoms with Gasteiger partial charge in [0, 0.05) is 19.3 Å². The summed E-state index contributed by atoms with van der Waals surface area (Å²) >= 11 is 0. The molecule has 1 aliphatic rings. The highest BCUT2D eigenvalue weighted by atomic mass is 16.6. The molecule has 10 heteroatoms. The number of aryl methyl sites for hydroxylation is 2. The number of carbonyl (C=O) groups excluding carboxylic acids is 1. The van der Waals surface area contributed by atoms with Gasteiger partial charge in [0.1, 0.15) is 5.75 Å². The number of furan rings is 1. The zero-order valence-electron chi connectivity index (χ0n) is 23.6. The highest BCUT2D eigenvalue weighted by Gasteiger charge is 2.31. The van der Waals surface area contributed by atoms with E-state index < -0.39 is 5.91 Å². The van der Waals surface area contributed by atoms with E-state index in [0.717, 1.165) is 24.1 Å². The Balaban J connectivity index is 1.33. The fraction of sp³-hybridized carbons (Fsp3) is 0.333. The van der Waals surface area contributed by atoms with Crippen molar-refractivity contribution in [1.29, 1.82) is 0 Å². The monoisotopic (exact) mass is 543 g/mol. The maximum Gasteiger partial charge on any atom is 0.291 e. The number of hydrogen-bond acceptors (Lipinski definition) is 9. The molecule has 1 aliphatic carbocycles. The number of amides is 1. The molecule has 3 heterocycles. The molecule has 4 aromatic rings. The Morgan fingerprint density at radius 1 is 1.10 bits per heavy atom. The molecule has 0 saturated heterocycles. The molecule has 3 aromatic heterocycles. The van der Waals surface area contributed by atoms with Gasteiger partial charge in [0.2, 0.25) is 17.7 Å². The first kappa shape index (κ1) is 27.0. The smallest absolute Gasteiger partial charge is 0.291 e. The van der Waals surface area contributed by atoms with Crippen LogP contribution in [0.4, 0.5) is 11.6 Å². The normalized spacial score (nSPS) is 13.4. The molecule has 1 N–H and O–H groups in total. The van der Waals surface area contributed by atoms with E-state index in [4.69, 9.17) is 18.6 Å². The van der Waals surface area contributed by atoms with Crippen molar-refractivity contribution in [2.24, 2.45) is 0 Å². The lowest BCUT2D eigenvalue weighted by Crippen LogP contribution is -2.21. The Kier molecular flexibility index (Phi) is 7.34. The van der Waals surface area contributed by atoms with Crippen LogP contribution in [0, 0.1) is 6.92 Å². The van der Waals surface area contributed by atoms with Gasteiger partial charge in [-0.05, 0) is 66.1 Å². The number of rotatable bonds is 9. The molecule has 1 aromatic carbocycles. The van der Waals surface area contributed by atoms with Gasteiger partial charge in [0.15, 0.2) is 11.4 Å². The molecule has 40 heavy (non-hydrogen) atoms. The first-order valence-corrected chi connectivity index (χ1v) is 13.0. The molecule has 0 fully saturated rings. The Bertz CT molecular complexity index is 1510. The Hall–Kier alpha value is -4.60. The lowest BCUT2D eigenvalue weighted by molar-refractivity contribution is 0.0990. The van der Waals surface area contributed by atoms with Crippen molar-refractivity contribution < 1.29 is 23.4 Å². The molecule has 10 nitrogen and oxygen atoms in total. The van der Waals surface area contributed by atoms with Crippen molar-refractivity contribution in [3.8, 4) is 23.5 Å². The molecular weight excluding hydrogens is 510 g/mol. The van der Waals surface area contributed by atoms with Gasteiger partial charge in [-0.25, -0.2) is 0 Å². The summed E-state index contributed by atoms with van der Waals surface area (Å²) in [6.07, 6.45) is 3.89. The van der Waals surface area contributed by atoms with E-state index in [-0.39, 0.29) is 34.6 Å². The summed E-state index contributed by atoms with van der Waals surface area (Å²) in [5.41, 5.74) is 4.77. The minimum atomic E-state index is -0.531. The van der Waals surface area contributed by atoms with E-state index in [0.29, 0.717) is 18.2 Å². The second-order valence-electron chi connectivity index (χ2n) is 10.4. The van der Waals surface area contributed by atoms with Gasteiger partial charge in [-0.3, -0.25) is 9.78 Å². The minimum absolute atomic E-state index is 0.0506. The van der Waals surface area contributed by atoms with Gasteiger partial charge in [-0.1, -0.05) is 26.0 Å². The molecule has 5 rings (SSSR count). The third-order valence-corrected chi connectivity index (χ3v) is 7.09. The van der Waals surface area contributed by atoms with Crippen LogP contribution in [0.1, 0.15) is 53.2 Å². The van der Waals surface area contributed by atoms with Gasteiger partial charge < -0.3 is 28.8 Å². The van der Waals surface area contributed by atoms with Crippen LogP contribution in [-0.4, -0.2) is 42.1 Å². The zero-order chi connectivity index (χ0) is 28.4. The lowest BCUT2D eigenvalue weighted by atomic mass is 9.86. The van der Waals surface area contributed by atoms with Crippen LogP contribution in [-0.2, 0) is 18.4 Å². The second-order valence-corrected chi connectivity index (χ2v) is 10.4. The summed E-state index contributed by atoms with van der Waals surface area (Å²) in [4.78, 5) is 28.2. The average Bonchev–Trinajstić information content (AvgIpc) is 3.53. The van der Waals surface area contributed by atoms with Crippen molar-refractivity contribution in [2.45, 2.75) is 45.6 Å². The van der Waals surface area contributed by atoms with E-state index in [1.54, 1.807) is 23.2 Å². The molecule has 0 spiro atoms. The standard InChI is InChI=1S/C30H33N5O5/c1-18-15-19-12-13-30(2,3)21(19)16-23(18)40-24-11-10-22(39-24)26(36)32-25-27(37-5)33-29(34-28(25)38-6)35(4)17-20-9-7-8-14-31-20/h7-11,14-16H,12-13,17H2,1-6H3,(H,32,36). The molecule has 0 aliphatic heterocycles. The van der Waals surface area contributed by atoms with Gasteiger partial charge in [0.05, 0.1) is 26.5 Å². The lowest BCUT2D eigenvalue weighted by Gasteiger charge is -2.20. The first-order valence-electron chi connectivity index (χ1n) is 13.0. The number of nitrogens with one attached hydrogen (secondary N) is 1. The van der Waals surface area contributed by atoms with Crippen molar-refractivity contribution in [3.63, 3.8) is 0 Å². The number of fused-ring (bicyclic) bond motifs is 1. The van der Waals surface area contributed by atoms with E-state index in [9.17, 15) is 4.79 Å². The fourth-order valence-corrected chi connectivity index (χ4v) is 4.85. The molecule has 0 unspecified atom stereocenters. The predicted octanol–water partition coefficient (Wildman–Crippen LogP) is 5.70. The molecule has 1 amide bonds. The number of benzene rings is 1. The quantitative estimate of drug-likeness (QED) is 0.284. The second kappa shape index (κ2) is 10.9. The van der Waals surface area contributed by atoms with Crippen molar-refractivity contribution >= 4 is 17.5 Å². The van der Waals surface area contributed by atoms with Gasteiger partial charge in [-0.15, -0.1) is 0 Å². The first-order chi connectivity index (χ1) is 19.2. The highest BCUT2D eigenvalue weighted by molar-refractivity contribution is 6.03. The van der Waals surface area contributed by atoms with E-state index in [2.05, 4.69) is 46.2 Å². The highest BCUT2D eigenvalue weighted by Crippen LogP contribution is 2.42.